The van der Waals surface area contributed by atoms with E-state index < -0.39 is 5.41 Å². The smallest absolute Gasteiger partial charge is 0.311 e. The maximum Gasteiger partial charge on any atom is 0.311 e. The third-order valence-electron chi connectivity index (χ3n) is 4.72. The second-order valence-corrected chi connectivity index (χ2v) is 9.82. The maximum atomic E-state index is 12.1. The summed E-state index contributed by atoms with van der Waals surface area (Å²) in [6.45, 7) is 5.63. The molecule has 2 aromatic rings. The van der Waals surface area contributed by atoms with Gasteiger partial charge in [0, 0.05) is 22.2 Å². The number of carbonyl (C=O) groups is 1. The summed E-state index contributed by atoms with van der Waals surface area (Å²) in [4.78, 5) is 22.6. The molecule has 1 aliphatic carbocycles. The van der Waals surface area contributed by atoms with E-state index in [0.717, 1.165) is 41.3 Å². The fraction of sp³-hybridized carbons (Fsp3) is 0.476. The van der Waals surface area contributed by atoms with E-state index in [9.17, 15) is 4.79 Å². The van der Waals surface area contributed by atoms with Crippen LogP contribution in [0.1, 0.15) is 46.5 Å². The Labute approximate surface area is 181 Å². The van der Waals surface area contributed by atoms with Crippen LogP contribution in [-0.2, 0) is 9.53 Å². The van der Waals surface area contributed by atoms with E-state index in [1.54, 1.807) is 18.0 Å². The van der Waals surface area contributed by atoms with Gasteiger partial charge in [0.25, 0.3) is 0 Å². The summed E-state index contributed by atoms with van der Waals surface area (Å²) >= 11 is 7.53. The number of hydrogen-bond acceptors (Lipinski definition) is 7. The second kappa shape index (κ2) is 9.22. The Morgan fingerprint density at radius 1 is 1.21 bits per heavy atom. The number of rotatable bonds is 5. The molecule has 3 rings (SSSR count). The first-order chi connectivity index (χ1) is 13.7. The number of nitrogens with one attached hydrogen (secondary N) is 1. The number of nitrogens with two attached hydrogens (primary N) is 1. The highest BCUT2D eigenvalue weighted by Gasteiger charge is 2.29. The molecule has 1 fully saturated rings. The zero-order valence-corrected chi connectivity index (χ0v) is 18.5. The first-order valence-electron chi connectivity index (χ1n) is 9.74. The van der Waals surface area contributed by atoms with E-state index in [2.05, 4.69) is 15.3 Å². The first kappa shape index (κ1) is 21.7. The van der Waals surface area contributed by atoms with E-state index in [0.29, 0.717) is 5.02 Å². The Kier molecular flexibility index (Phi) is 6.90. The molecule has 3 N–H and O–H groups in total. The molecule has 0 unspecified atom stereocenters. The standard InChI is InChI=1S/C21H27ClN4O2S/c1-21(2,3)19(27)28-15-8-6-14(7-9-15)25-18-17(12-24-20(23)26-18)29-16-10-4-13(22)5-11-16/h4-5,10-12,14-15H,6-9H2,1-3H3,(H3,23,24,25,26). The van der Waals surface area contributed by atoms with Crippen LogP contribution < -0.4 is 11.1 Å². The molecule has 8 heteroatoms. The van der Waals surface area contributed by atoms with Crippen LogP contribution in [0.3, 0.4) is 0 Å². The van der Waals surface area contributed by atoms with Crippen molar-refractivity contribution in [2.75, 3.05) is 11.1 Å². The van der Waals surface area contributed by atoms with Gasteiger partial charge in [0.1, 0.15) is 11.9 Å². The molecule has 0 saturated heterocycles. The minimum Gasteiger partial charge on any atom is -0.462 e. The molecule has 0 amide bonds. The van der Waals surface area contributed by atoms with E-state index in [-0.39, 0.29) is 24.1 Å². The molecule has 0 bridgehead atoms. The molecule has 1 aliphatic rings. The summed E-state index contributed by atoms with van der Waals surface area (Å²) in [5.41, 5.74) is 5.35. The molecular formula is C21H27ClN4O2S. The minimum atomic E-state index is -0.471. The molecule has 0 spiro atoms. The zero-order chi connectivity index (χ0) is 21.0. The van der Waals surface area contributed by atoms with Gasteiger partial charge in [-0.2, -0.15) is 4.98 Å². The highest BCUT2D eigenvalue weighted by atomic mass is 35.5. The predicted octanol–water partition coefficient (Wildman–Crippen LogP) is 5.18. The Balaban J connectivity index is 1.61. The predicted molar refractivity (Wildman–Crippen MR) is 117 cm³/mol. The average molecular weight is 435 g/mol. The van der Waals surface area contributed by atoms with Gasteiger partial charge in [0.05, 0.1) is 10.3 Å². The van der Waals surface area contributed by atoms with E-state index in [4.69, 9.17) is 22.1 Å². The number of hydrogen-bond donors (Lipinski definition) is 2. The van der Waals surface area contributed by atoms with Gasteiger partial charge < -0.3 is 15.8 Å². The van der Waals surface area contributed by atoms with Crippen LogP contribution in [0.5, 0.6) is 0 Å². The normalized spacial score (nSPS) is 19.6. The fourth-order valence-electron chi connectivity index (χ4n) is 3.04. The Morgan fingerprint density at radius 3 is 2.48 bits per heavy atom. The van der Waals surface area contributed by atoms with Crippen molar-refractivity contribution in [2.24, 2.45) is 5.41 Å². The van der Waals surface area contributed by atoms with Gasteiger partial charge in [0.2, 0.25) is 5.95 Å². The van der Waals surface area contributed by atoms with Crippen molar-refractivity contribution in [1.29, 1.82) is 0 Å². The summed E-state index contributed by atoms with van der Waals surface area (Å²) in [6.07, 6.45) is 5.19. The number of nitrogens with zero attached hydrogens (tertiary/aromatic N) is 2. The van der Waals surface area contributed by atoms with Crippen molar-refractivity contribution in [1.82, 2.24) is 9.97 Å². The third-order valence-corrected chi connectivity index (χ3v) is 5.99. The van der Waals surface area contributed by atoms with Crippen molar-refractivity contribution < 1.29 is 9.53 Å². The Bertz CT molecular complexity index is 847. The van der Waals surface area contributed by atoms with Crippen molar-refractivity contribution in [3.05, 3.63) is 35.5 Å². The van der Waals surface area contributed by atoms with Crippen LogP contribution in [0.4, 0.5) is 11.8 Å². The molecule has 6 nitrogen and oxygen atoms in total. The number of ether oxygens (including phenoxy) is 1. The molecule has 156 valence electrons. The van der Waals surface area contributed by atoms with Gasteiger partial charge in [-0.05, 0) is 70.7 Å². The number of nitrogen functional groups attached to an aromatic ring is 1. The first-order valence-corrected chi connectivity index (χ1v) is 10.9. The molecule has 1 aromatic carbocycles. The van der Waals surface area contributed by atoms with Gasteiger partial charge in [-0.1, -0.05) is 23.4 Å². The van der Waals surface area contributed by atoms with Crippen LogP contribution in [0.25, 0.3) is 0 Å². The van der Waals surface area contributed by atoms with Crippen LogP contribution in [-0.4, -0.2) is 28.1 Å². The minimum absolute atomic E-state index is 0.0156. The second-order valence-electron chi connectivity index (χ2n) is 8.27. The van der Waals surface area contributed by atoms with E-state index >= 15 is 0 Å². The van der Waals surface area contributed by atoms with Crippen molar-refractivity contribution in [3.63, 3.8) is 0 Å². The van der Waals surface area contributed by atoms with Gasteiger partial charge >= 0.3 is 5.97 Å². The summed E-state index contributed by atoms with van der Waals surface area (Å²) < 4.78 is 5.66. The molecule has 1 saturated carbocycles. The molecule has 1 aromatic heterocycles. The van der Waals surface area contributed by atoms with Crippen LogP contribution in [0.2, 0.25) is 5.02 Å². The van der Waals surface area contributed by atoms with Crippen LogP contribution in [0.15, 0.2) is 40.3 Å². The monoisotopic (exact) mass is 434 g/mol. The van der Waals surface area contributed by atoms with E-state index in [1.807, 2.05) is 45.0 Å². The Hall–Kier alpha value is -1.99. The highest BCUT2D eigenvalue weighted by molar-refractivity contribution is 7.99. The quantitative estimate of drug-likeness (QED) is 0.626. The zero-order valence-electron chi connectivity index (χ0n) is 16.9. The summed E-state index contributed by atoms with van der Waals surface area (Å²) in [6, 6.07) is 7.88. The molecule has 1 heterocycles. The average Bonchev–Trinajstić information content (AvgIpc) is 2.66. The number of carbonyl (C=O) groups excluding carboxylic acids is 1. The van der Waals surface area contributed by atoms with Crippen LogP contribution >= 0.6 is 23.4 Å². The number of benzene rings is 1. The summed E-state index contributed by atoms with van der Waals surface area (Å²) in [5.74, 6) is 0.826. The van der Waals surface area contributed by atoms with Crippen molar-refractivity contribution in [2.45, 2.75) is 68.4 Å². The largest absolute Gasteiger partial charge is 0.462 e. The Morgan fingerprint density at radius 2 is 1.86 bits per heavy atom. The fourth-order valence-corrected chi connectivity index (χ4v) is 4.00. The van der Waals surface area contributed by atoms with Gasteiger partial charge in [0.15, 0.2) is 0 Å². The molecule has 0 radical (unpaired) electrons. The number of anilines is 2. The molecule has 0 aliphatic heterocycles. The lowest BCUT2D eigenvalue weighted by Crippen LogP contribution is -2.34. The highest BCUT2D eigenvalue weighted by Crippen LogP contribution is 2.34. The van der Waals surface area contributed by atoms with Crippen LogP contribution in [0, 0.1) is 5.41 Å². The lowest BCUT2D eigenvalue weighted by Gasteiger charge is -2.31. The molecular weight excluding hydrogens is 408 g/mol. The maximum absolute atomic E-state index is 12.1. The SMILES string of the molecule is CC(C)(C)C(=O)OC1CCC(Nc2nc(N)ncc2Sc2ccc(Cl)cc2)CC1. The summed E-state index contributed by atoms with van der Waals surface area (Å²) in [5, 5.41) is 4.21. The molecule has 29 heavy (non-hydrogen) atoms. The van der Waals surface area contributed by atoms with Gasteiger partial charge in [-0.25, -0.2) is 4.98 Å². The van der Waals surface area contributed by atoms with Crippen molar-refractivity contribution >= 4 is 41.1 Å². The van der Waals surface area contributed by atoms with Gasteiger partial charge in [-0.15, -0.1) is 0 Å². The van der Waals surface area contributed by atoms with E-state index in [1.165, 1.54) is 0 Å². The molecule has 0 atom stereocenters. The number of aromatic nitrogens is 2. The number of halogens is 1. The van der Waals surface area contributed by atoms with Gasteiger partial charge in [-0.3, -0.25) is 4.79 Å². The third kappa shape index (κ3) is 6.24. The summed E-state index contributed by atoms with van der Waals surface area (Å²) in [7, 11) is 0. The topological polar surface area (TPSA) is 90.1 Å². The lowest BCUT2D eigenvalue weighted by molar-refractivity contribution is -0.160. The lowest BCUT2D eigenvalue weighted by atomic mass is 9.92. The van der Waals surface area contributed by atoms with Crippen molar-refractivity contribution in [3.8, 4) is 0 Å². The number of esters is 1.